The molecule has 2 aromatic rings. The fourth-order valence-electron chi connectivity index (χ4n) is 1.78. The van der Waals surface area contributed by atoms with E-state index in [2.05, 4.69) is 25.9 Å². The van der Waals surface area contributed by atoms with Gasteiger partial charge in [-0.3, -0.25) is 10.1 Å². The van der Waals surface area contributed by atoms with Gasteiger partial charge in [0.2, 0.25) is 0 Å². The second-order valence-electron chi connectivity index (χ2n) is 4.58. The van der Waals surface area contributed by atoms with Crippen LogP contribution in [0.15, 0.2) is 28.7 Å². The van der Waals surface area contributed by atoms with Crippen LogP contribution in [0.1, 0.15) is 25.5 Å². The van der Waals surface area contributed by atoms with E-state index >= 15 is 0 Å². The summed E-state index contributed by atoms with van der Waals surface area (Å²) in [5.74, 6) is 0.761. The zero-order valence-corrected chi connectivity index (χ0v) is 13.3. The molecule has 0 unspecified atom stereocenters. The number of rotatable bonds is 3. The van der Waals surface area contributed by atoms with E-state index in [9.17, 15) is 10.1 Å². The van der Waals surface area contributed by atoms with Gasteiger partial charge < -0.3 is 4.98 Å². The van der Waals surface area contributed by atoms with E-state index in [1.54, 1.807) is 12.1 Å². The normalized spacial score (nSPS) is 10.8. The second-order valence-corrected chi connectivity index (χ2v) is 5.76. The fourth-order valence-corrected chi connectivity index (χ4v) is 2.62. The summed E-state index contributed by atoms with van der Waals surface area (Å²) < 4.78 is 1.20. The number of hydrogen-bond donors (Lipinski definition) is 1. The highest BCUT2D eigenvalue weighted by Gasteiger charge is 2.13. The van der Waals surface area contributed by atoms with E-state index in [1.807, 2.05) is 13.8 Å². The van der Waals surface area contributed by atoms with Crippen molar-refractivity contribution in [2.75, 3.05) is 0 Å². The third-order valence-electron chi connectivity index (χ3n) is 2.80. The number of non-ortho nitro benzene ring substituents is 1. The van der Waals surface area contributed by atoms with Gasteiger partial charge >= 0.3 is 0 Å². The smallest absolute Gasteiger partial charge is 0.270 e. The quantitative estimate of drug-likeness (QED) is 0.497. The van der Waals surface area contributed by atoms with Crippen LogP contribution in [0.2, 0.25) is 0 Å². The molecule has 0 bridgehead atoms. The number of aromatic amines is 1. The predicted molar refractivity (Wildman–Crippen MR) is 83.3 cm³/mol. The standard InChI is InChI=1S/C13H12BrN3O2S/c1-7(2)11-10(14)13(20)16-12(15-11)8-4-3-5-9(6-8)17(18)19/h3-7H,1-2H3,(H,15,16,20). The zero-order chi connectivity index (χ0) is 14.9. The van der Waals surface area contributed by atoms with Crippen LogP contribution in [0.25, 0.3) is 11.4 Å². The molecule has 0 aliphatic rings. The molecule has 0 fully saturated rings. The summed E-state index contributed by atoms with van der Waals surface area (Å²) in [6.07, 6.45) is 0. The van der Waals surface area contributed by atoms with Crippen molar-refractivity contribution < 1.29 is 4.92 Å². The fraction of sp³-hybridized carbons (Fsp3) is 0.231. The van der Waals surface area contributed by atoms with Gasteiger partial charge in [0.05, 0.1) is 9.40 Å². The summed E-state index contributed by atoms with van der Waals surface area (Å²) in [6.45, 7) is 4.06. The third-order valence-corrected chi connectivity index (χ3v) is 4.16. The Morgan fingerprint density at radius 2 is 2.15 bits per heavy atom. The van der Waals surface area contributed by atoms with Crippen LogP contribution in [0, 0.1) is 14.8 Å². The second kappa shape index (κ2) is 5.80. The first-order chi connectivity index (χ1) is 9.40. The van der Waals surface area contributed by atoms with E-state index in [4.69, 9.17) is 12.2 Å². The van der Waals surface area contributed by atoms with Crippen molar-refractivity contribution in [3.8, 4) is 11.4 Å². The third kappa shape index (κ3) is 2.94. The van der Waals surface area contributed by atoms with E-state index in [0.29, 0.717) is 16.0 Å². The van der Waals surface area contributed by atoms with E-state index in [1.165, 1.54) is 12.1 Å². The topological polar surface area (TPSA) is 71.8 Å². The molecule has 1 aromatic heterocycles. The van der Waals surface area contributed by atoms with Crippen LogP contribution in [0.5, 0.6) is 0 Å². The molecule has 0 radical (unpaired) electrons. The Labute approximate surface area is 129 Å². The monoisotopic (exact) mass is 353 g/mol. The van der Waals surface area contributed by atoms with Crippen LogP contribution in [-0.4, -0.2) is 14.9 Å². The van der Waals surface area contributed by atoms with Crippen LogP contribution in [-0.2, 0) is 0 Å². The lowest BCUT2D eigenvalue weighted by molar-refractivity contribution is -0.384. The van der Waals surface area contributed by atoms with Gasteiger partial charge in [-0.2, -0.15) is 0 Å². The van der Waals surface area contributed by atoms with Gasteiger partial charge in [0.15, 0.2) is 0 Å². The molecule has 20 heavy (non-hydrogen) atoms. The molecule has 7 heteroatoms. The first kappa shape index (κ1) is 14.8. The average molecular weight is 354 g/mol. The predicted octanol–water partition coefficient (Wildman–Crippen LogP) is 4.60. The van der Waals surface area contributed by atoms with Gasteiger partial charge in [-0.1, -0.05) is 38.2 Å². The van der Waals surface area contributed by atoms with Gasteiger partial charge in [-0.15, -0.1) is 0 Å². The largest absolute Gasteiger partial charge is 0.342 e. The maximum atomic E-state index is 10.8. The summed E-state index contributed by atoms with van der Waals surface area (Å²) >= 11 is 8.64. The van der Waals surface area contributed by atoms with Crippen molar-refractivity contribution in [3.63, 3.8) is 0 Å². The minimum atomic E-state index is -0.430. The van der Waals surface area contributed by atoms with Crippen molar-refractivity contribution in [1.82, 2.24) is 9.97 Å². The molecule has 1 aromatic carbocycles. The molecule has 1 N–H and O–H groups in total. The number of halogens is 1. The summed E-state index contributed by atoms with van der Waals surface area (Å²) in [4.78, 5) is 17.9. The lowest BCUT2D eigenvalue weighted by Gasteiger charge is -2.11. The molecule has 2 rings (SSSR count). The minimum Gasteiger partial charge on any atom is -0.342 e. The SMILES string of the molecule is CC(C)c1[nH]c(-c2cccc([N+](=O)[O-])c2)nc(=S)c1Br. The number of nitrogens with zero attached hydrogens (tertiary/aromatic N) is 2. The van der Waals surface area contributed by atoms with Crippen molar-refractivity contribution in [2.24, 2.45) is 0 Å². The van der Waals surface area contributed by atoms with Crippen LogP contribution in [0.3, 0.4) is 0 Å². The van der Waals surface area contributed by atoms with Gasteiger partial charge in [0, 0.05) is 23.4 Å². The molecule has 0 amide bonds. The summed E-state index contributed by atoms with van der Waals surface area (Å²) in [7, 11) is 0. The molecule has 0 spiro atoms. The Bertz CT molecular complexity index is 728. The van der Waals surface area contributed by atoms with Crippen LogP contribution in [0.4, 0.5) is 5.69 Å². The van der Waals surface area contributed by atoms with E-state index < -0.39 is 4.92 Å². The number of benzene rings is 1. The zero-order valence-electron chi connectivity index (χ0n) is 10.9. The van der Waals surface area contributed by atoms with Crippen molar-refractivity contribution in [1.29, 1.82) is 0 Å². The van der Waals surface area contributed by atoms with Gasteiger partial charge in [0.1, 0.15) is 10.5 Å². The number of nitro groups is 1. The first-order valence-electron chi connectivity index (χ1n) is 5.94. The highest BCUT2D eigenvalue weighted by Crippen LogP contribution is 2.27. The number of H-pyrrole nitrogens is 1. The van der Waals surface area contributed by atoms with E-state index in [-0.39, 0.29) is 11.6 Å². The summed E-state index contributed by atoms with van der Waals surface area (Å²) in [5, 5.41) is 10.8. The minimum absolute atomic E-state index is 0.0256. The molecule has 0 aliphatic carbocycles. The first-order valence-corrected chi connectivity index (χ1v) is 7.15. The molecule has 5 nitrogen and oxygen atoms in total. The van der Waals surface area contributed by atoms with Gasteiger partial charge in [0.25, 0.3) is 5.69 Å². The highest BCUT2D eigenvalue weighted by molar-refractivity contribution is 9.10. The molecular weight excluding hydrogens is 342 g/mol. The Morgan fingerprint density at radius 3 is 2.75 bits per heavy atom. The Hall–Kier alpha value is -1.60. The Morgan fingerprint density at radius 1 is 1.45 bits per heavy atom. The molecular formula is C13H12BrN3O2S. The Balaban J connectivity index is 2.61. The molecule has 104 valence electrons. The van der Waals surface area contributed by atoms with Crippen molar-refractivity contribution in [3.05, 3.63) is 49.2 Å². The summed E-state index contributed by atoms with van der Waals surface area (Å²) in [5.41, 5.74) is 1.59. The van der Waals surface area contributed by atoms with Crippen LogP contribution < -0.4 is 0 Å². The average Bonchev–Trinajstić information content (AvgIpc) is 2.41. The van der Waals surface area contributed by atoms with Crippen molar-refractivity contribution in [2.45, 2.75) is 19.8 Å². The lowest BCUT2D eigenvalue weighted by Crippen LogP contribution is -2.00. The molecule has 0 aliphatic heterocycles. The highest BCUT2D eigenvalue weighted by atomic mass is 79.9. The maximum absolute atomic E-state index is 10.8. The maximum Gasteiger partial charge on any atom is 0.270 e. The number of hydrogen-bond acceptors (Lipinski definition) is 4. The van der Waals surface area contributed by atoms with Gasteiger partial charge in [-0.25, -0.2) is 4.98 Å². The summed E-state index contributed by atoms with van der Waals surface area (Å²) in [6, 6.07) is 6.31. The number of nitro benzene ring substituents is 1. The van der Waals surface area contributed by atoms with Crippen LogP contribution >= 0.6 is 28.1 Å². The van der Waals surface area contributed by atoms with Crippen molar-refractivity contribution >= 4 is 33.8 Å². The number of nitrogens with one attached hydrogen (secondary N) is 1. The molecule has 0 saturated carbocycles. The van der Waals surface area contributed by atoms with E-state index in [0.717, 1.165) is 10.2 Å². The number of aromatic nitrogens is 2. The molecule has 1 heterocycles. The van der Waals surface area contributed by atoms with Gasteiger partial charge in [-0.05, 0) is 21.8 Å². The molecule has 0 saturated heterocycles. The molecule has 0 atom stereocenters. The Kier molecular flexibility index (Phi) is 4.29. The lowest BCUT2D eigenvalue weighted by atomic mass is 10.1.